The van der Waals surface area contributed by atoms with Gasteiger partial charge in [-0.15, -0.1) is 0 Å². The average molecular weight is 542 g/mol. The molecule has 2 aliphatic heterocycles. The number of carbonyl (C=O) groups is 3. The molecule has 3 N–H and O–H groups in total. The quantitative estimate of drug-likeness (QED) is 0.469. The fourth-order valence-electron chi connectivity index (χ4n) is 5.23. The van der Waals surface area contributed by atoms with E-state index in [2.05, 4.69) is 10.6 Å². The van der Waals surface area contributed by atoms with Gasteiger partial charge in [0.1, 0.15) is 12.1 Å². The van der Waals surface area contributed by atoms with E-state index in [1.54, 1.807) is 63.2 Å². The number of carboxylic acids is 1. The van der Waals surface area contributed by atoms with Crippen molar-refractivity contribution in [1.29, 1.82) is 0 Å². The van der Waals surface area contributed by atoms with Gasteiger partial charge in [0, 0.05) is 23.6 Å². The summed E-state index contributed by atoms with van der Waals surface area (Å²) in [5.74, 6) is -2.10. The van der Waals surface area contributed by atoms with Crippen LogP contribution in [0.25, 0.3) is 0 Å². The SMILES string of the molecule is CC(C)(C)C(=O)Nc1ccc(CC(NC(=O)C2C3CCC(CC3)N2S(=O)(=O)c2ccccc2)C(=O)O)cc1. The first-order chi connectivity index (χ1) is 17.9. The van der Waals surface area contributed by atoms with E-state index >= 15 is 0 Å². The van der Waals surface area contributed by atoms with Crippen molar-refractivity contribution in [1.82, 2.24) is 9.62 Å². The Hall–Kier alpha value is -3.24. The molecule has 3 aliphatic rings. The first kappa shape index (κ1) is 27.8. The molecule has 3 fully saturated rings. The summed E-state index contributed by atoms with van der Waals surface area (Å²) in [6.45, 7) is 5.42. The van der Waals surface area contributed by atoms with Crippen LogP contribution in [-0.4, -0.2) is 53.7 Å². The highest BCUT2D eigenvalue weighted by Crippen LogP contribution is 2.42. The lowest BCUT2D eigenvalue weighted by Gasteiger charge is -2.49. The van der Waals surface area contributed by atoms with Gasteiger partial charge in [0.2, 0.25) is 21.8 Å². The number of hydrogen-bond acceptors (Lipinski definition) is 5. The maximum absolute atomic E-state index is 13.6. The van der Waals surface area contributed by atoms with E-state index in [0.29, 0.717) is 24.1 Å². The number of carbonyl (C=O) groups excluding carboxylic acids is 2. The second kappa shape index (κ2) is 10.9. The Morgan fingerprint density at radius 3 is 2.13 bits per heavy atom. The minimum atomic E-state index is -3.94. The van der Waals surface area contributed by atoms with Crippen LogP contribution in [0.15, 0.2) is 59.5 Å². The van der Waals surface area contributed by atoms with Gasteiger partial charge in [-0.3, -0.25) is 9.59 Å². The van der Waals surface area contributed by atoms with Crippen LogP contribution in [0, 0.1) is 11.3 Å². The Labute approximate surface area is 223 Å². The zero-order valence-electron chi connectivity index (χ0n) is 21.9. The first-order valence-electron chi connectivity index (χ1n) is 12.9. The number of benzene rings is 2. The fourth-order valence-corrected chi connectivity index (χ4v) is 7.15. The molecule has 2 atom stereocenters. The van der Waals surface area contributed by atoms with Crippen molar-refractivity contribution in [3.63, 3.8) is 0 Å². The van der Waals surface area contributed by atoms with Crippen molar-refractivity contribution in [3.8, 4) is 0 Å². The normalized spacial score (nSPS) is 22.4. The topological polar surface area (TPSA) is 133 Å². The van der Waals surface area contributed by atoms with Crippen LogP contribution in [0.3, 0.4) is 0 Å². The predicted octanol–water partition coefficient (Wildman–Crippen LogP) is 3.42. The number of carboxylic acid groups (broad SMARTS) is 1. The Bertz CT molecular complexity index is 1280. The largest absolute Gasteiger partial charge is 0.480 e. The van der Waals surface area contributed by atoms with Crippen LogP contribution in [0.1, 0.15) is 52.0 Å². The number of amides is 2. The van der Waals surface area contributed by atoms with Crippen molar-refractivity contribution in [3.05, 3.63) is 60.2 Å². The molecule has 0 aromatic heterocycles. The lowest BCUT2D eigenvalue weighted by Crippen LogP contribution is -2.63. The monoisotopic (exact) mass is 541 g/mol. The van der Waals surface area contributed by atoms with E-state index in [4.69, 9.17) is 0 Å². The molecule has 2 bridgehead atoms. The van der Waals surface area contributed by atoms with Crippen LogP contribution >= 0.6 is 0 Å². The number of aliphatic carboxylic acids is 1. The Morgan fingerprint density at radius 2 is 1.58 bits per heavy atom. The third kappa shape index (κ3) is 5.91. The number of rotatable bonds is 8. The second-order valence-corrected chi connectivity index (χ2v) is 13.0. The molecule has 2 aromatic carbocycles. The van der Waals surface area contributed by atoms with Gasteiger partial charge < -0.3 is 15.7 Å². The summed E-state index contributed by atoms with van der Waals surface area (Å²) in [6, 6.07) is 12.3. The molecule has 10 heteroatoms. The van der Waals surface area contributed by atoms with Crippen LogP contribution in [0.5, 0.6) is 0 Å². The van der Waals surface area contributed by atoms with Crippen molar-refractivity contribution in [2.75, 3.05) is 5.32 Å². The van der Waals surface area contributed by atoms with E-state index in [1.165, 1.54) is 16.4 Å². The van der Waals surface area contributed by atoms with Gasteiger partial charge in [0.15, 0.2) is 0 Å². The van der Waals surface area contributed by atoms with Gasteiger partial charge in [0.25, 0.3) is 0 Å². The van der Waals surface area contributed by atoms with E-state index in [-0.39, 0.29) is 29.2 Å². The molecule has 1 saturated carbocycles. The van der Waals surface area contributed by atoms with E-state index in [1.807, 2.05) is 0 Å². The van der Waals surface area contributed by atoms with Crippen molar-refractivity contribution < 1.29 is 27.9 Å². The minimum Gasteiger partial charge on any atom is -0.480 e. The zero-order valence-corrected chi connectivity index (χ0v) is 22.7. The Morgan fingerprint density at radius 1 is 0.974 bits per heavy atom. The van der Waals surface area contributed by atoms with Gasteiger partial charge in [-0.2, -0.15) is 4.31 Å². The van der Waals surface area contributed by atoms with Gasteiger partial charge in [-0.05, 0) is 61.4 Å². The molecule has 5 rings (SSSR count). The first-order valence-corrected chi connectivity index (χ1v) is 14.3. The van der Waals surface area contributed by atoms with Crippen molar-refractivity contribution in [2.24, 2.45) is 11.3 Å². The minimum absolute atomic E-state index is 0.0147. The maximum atomic E-state index is 13.6. The average Bonchev–Trinajstić information content (AvgIpc) is 2.89. The second-order valence-electron chi connectivity index (χ2n) is 11.2. The summed E-state index contributed by atoms with van der Waals surface area (Å²) >= 11 is 0. The standard InChI is InChI=1S/C28H35N3O6S/c1-28(2,3)27(35)29-20-13-9-18(10-14-20)17-23(26(33)34)30-25(32)24-19-11-15-21(16-12-19)31(24)38(36,37)22-7-5-4-6-8-22/h4-10,13-14,19,21,23-24H,11-12,15-17H2,1-3H3,(H,29,35)(H,30,32)(H,33,34). The van der Waals surface area contributed by atoms with Crippen LogP contribution in [-0.2, 0) is 30.8 Å². The van der Waals surface area contributed by atoms with E-state index in [0.717, 1.165) is 12.8 Å². The molecular formula is C28H35N3O6S. The van der Waals surface area contributed by atoms with Gasteiger partial charge in [-0.1, -0.05) is 51.1 Å². The molecule has 2 saturated heterocycles. The lowest BCUT2D eigenvalue weighted by atomic mass is 9.76. The van der Waals surface area contributed by atoms with E-state index < -0.39 is 39.4 Å². The molecule has 2 unspecified atom stereocenters. The third-order valence-corrected chi connectivity index (χ3v) is 9.30. The number of nitrogens with one attached hydrogen (secondary N) is 2. The summed E-state index contributed by atoms with van der Waals surface area (Å²) in [5.41, 5.74) is 0.688. The van der Waals surface area contributed by atoms with Crippen LogP contribution in [0.4, 0.5) is 5.69 Å². The highest BCUT2D eigenvalue weighted by atomic mass is 32.2. The highest BCUT2D eigenvalue weighted by molar-refractivity contribution is 7.89. The van der Waals surface area contributed by atoms with E-state index in [9.17, 15) is 27.9 Å². The molecule has 2 amide bonds. The van der Waals surface area contributed by atoms with Crippen LogP contribution < -0.4 is 10.6 Å². The number of piperidine rings is 2. The smallest absolute Gasteiger partial charge is 0.326 e. The summed E-state index contributed by atoms with van der Waals surface area (Å²) in [7, 11) is -3.94. The molecule has 0 spiro atoms. The molecule has 38 heavy (non-hydrogen) atoms. The maximum Gasteiger partial charge on any atom is 0.326 e. The van der Waals surface area contributed by atoms with Crippen LogP contribution in [0.2, 0.25) is 0 Å². The number of fused-ring (bicyclic) bond motifs is 3. The highest BCUT2D eigenvalue weighted by Gasteiger charge is 2.51. The summed E-state index contributed by atoms with van der Waals surface area (Å²) < 4.78 is 28.5. The summed E-state index contributed by atoms with van der Waals surface area (Å²) in [6.07, 6.45) is 2.83. The molecule has 0 radical (unpaired) electrons. The number of hydrogen-bond donors (Lipinski definition) is 3. The molecular weight excluding hydrogens is 506 g/mol. The summed E-state index contributed by atoms with van der Waals surface area (Å²) in [4.78, 5) is 38.0. The third-order valence-electron chi connectivity index (χ3n) is 7.36. The van der Waals surface area contributed by atoms with Gasteiger partial charge in [0.05, 0.1) is 4.90 Å². The van der Waals surface area contributed by atoms with Crippen molar-refractivity contribution >= 4 is 33.5 Å². The lowest BCUT2D eigenvalue weighted by molar-refractivity contribution is -0.143. The molecule has 2 heterocycles. The number of anilines is 1. The molecule has 2 aromatic rings. The zero-order chi connectivity index (χ0) is 27.7. The Balaban J connectivity index is 1.51. The molecule has 1 aliphatic carbocycles. The molecule has 204 valence electrons. The van der Waals surface area contributed by atoms with Gasteiger partial charge in [-0.25, -0.2) is 13.2 Å². The van der Waals surface area contributed by atoms with Gasteiger partial charge >= 0.3 is 5.97 Å². The number of sulfonamides is 1. The predicted molar refractivity (Wildman–Crippen MR) is 143 cm³/mol. The number of nitrogens with zero attached hydrogens (tertiary/aromatic N) is 1. The fraction of sp³-hybridized carbons (Fsp3) is 0.464. The summed E-state index contributed by atoms with van der Waals surface area (Å²) in [5, 5.41) is 15.3. The Kier molecular flexibility index (Phi) is 7.94. The molecule has 9 nitrogen and oxygen atoms in total. The van der Waals surface area contributed by atoms with Crippen molar-refractivity contribution in [2.45, 2.75) is 75.9 Å².